The topological polar surface area (TPSA) is 103 Å². The molecular formula is C12H15N5O3S. The van der Waals surface area contributed by atoms with Crippen molar-refractivity contribution < 1.29 is 14.1 Å². The predicted molar refractivity (Wildman–Crippen MR) is 72.9 cm³/mol. The molecule has 3 rings (SSSR count). The molecule has 1 aliphatic heterocycles. The normalized spacial score (nSPS) is 18.0. The molecule has 1 fully saturated rings. The molecule has 9 heteroatoms. The van der Waals surface area contributed by atoms with E-state index >= 15 is 0 Å². The lowest BCUT2D eigenvalue weighted by atomic mass is 10.2. The number of carbonyl (C=O) groups is 1. The van der Waals surface area contributed by atoms with E-state index in [9.17, 15) is 4.79 Å². The van der Waals surface area contributed by atoms with Crippen LogP contribution in [0.25, 0.3) is 0 Å². The Bertz CT molecular complexity index is 620. The van der Waals surface area contributed by atoms with Gasteiger partial charge >= 0.3 is 0 Å². The molecule has 21 heavy (non-hydrogen) atoms. The molecule has 0 aromatic carbocycles. The van der Waals surface area contributed by atoms with Crippen LogP contribution in [-0.4, -0.2) is 37.9 Å². The molecule has 1 unspecified atom stereocenters. The van der Waals surface area contributed by atoms with E-state index in [1.165, 1.54) is 0 Å². The Kier molecular flexibility index (Phi) is 4.20. The number of amides is 1. The standard InChI is InChI=1S/C12H15N5O3S/c1-7-10(17-21-16-7)11(18)13-5-4-9-14-12(20-15-9)8-3-2-6-19-8/h8H,2-6H2,1H3,(H,13,18). The van der Waals surface area contributed by atoms with Gasteiger partial charge in [-0.05, 0) is 19.8 Å². The molecule has 1 amide bonds. The fraction of sp³-hybridized carbons (Fsp3) is 0.583. The van der Waals surface area contributed by atoms with Crippen molar-refractivity contribution in [3.63, 3.8) is 0 Å². The molecule has 8 nitrogen and oxygen atoms in total. The number of aryl methyl sites for hydroxylation is 1. The van der Waals surface area contributed by atoms with Gasteiger partial charge in [-0.1, -0.05) is 5.16 Å². The van der Waals surface area contributed by atoms with Crippen molar-refractivity contribution in [1.29, 1.82) is 0 Å². The van der Waals surface area contributed by atoms with Gasteiger partial charge in [0.05, 0.1) is 17.4 Å². The highest BCUT2D eigenvalue weighted by atomic mass is 32.1. The lowest BCUT2D eigenvalue weighted by molar-refractivity contribution is 0.0835. The maximum absolute atomic E-state index is 11.8. The number of hydrogen-bond donors (Lipinski definition) is 1. The Balaban J connectivity index is 1.49. The highest BCUT2D eigenvalue weighted by Crippen LogP contribution is 2.26. The number of aromatic nitrogens is 4. The van der Waals surface area contributed by atoms with Crippen LogP contribution in [0.2, 0.25) is 0 Å². The Hall–Kier alpha value is -1.87. The zero-order valence-corrected chi connectivity index (χ0v) is 12.4. The van der Waals surface area contributed by atoms with Crippen LogP contribution in [0.1, 0.15) is 46.8 Å². The van der Waals surface area contributed by atoms with Gasteiger partial charge < -0.3 is 14.6 Å². The number of rotatable bonds is 5. The number of carbonyl (C=O) groups excluding carboxylic acids is 1. The minimum atomic E-state index is -0.232. The molecule has 2 aromatic heterocycles. The van der Waals surface area contributed by atoms with Crippen molar-refractivity contribution in [1.82, 2.24) is 24.2 Å². The first-order chi connectivity index (χ1) is 10.2. The van der Waals surface area contributed by atoms with E-state index in [0.29, 0.717) is 36.1 Å². The summed E-state index contributed by atoms with van der Waals surface area (Å²) in [7, 11) is 0. The molecule has 0 radical (unpaired) electrons. The third kappa shape index (κ3) is 3.24. The van der Waals surface area contributed by atoms with Gasteiger partial charge in [0.2, 0.25) is 0 Å². The highest BCUT2D eigenvalue weighted by Gasteiger charge is 2.23. The number of hydrogen-bond acceptors (Lipinski definition) is 8. The summed E-state index contributed by atoms with van der Waals surface area (Å²) in [6.07, 6.45) is 2.34. The highest BCUT2D eigenvalue weighted by molar-refractivity contribution is 6.99. The average Bonchev–Trinajstić information content (AvgIpc) is 3.19. The number of nitrogens with zero attached hydrogens (tertiary/aromatic N) is 4. The lowest BCUT2D eigenvalue weighted by Gasteiger charge is -2.01. The van der Waals surface area contributed by atoms with E-state index in [1.807, 2.05) is 0 Å². The van der Waals surface area contributed by atoms with Crippen molar-refractivity contribution in [2.24, 2.45) is 0 Å². The molecule has 0 spiro atoms. The zero-order valence-electron chi connectivity index (χ0n) is 11.5. The third-order valence-corrected chi connectivity index (χ3v) is 3.81. The van der Waals surface area contributed by atoms with E-state index < -0.39 is 0 Å². The van der Waals surface area contributed by atoms with Gasteiger partial charge in [-0.3, -0.25) is 4.79 Å². The molecule has 112 valence electrons. The van der Waals surface area contributed by atoms with Crippen molar-refractivity contribution in [2.75, 3.05) is 13.2 Å². The van der Waals surface area contributed by atoms with Crippen LogP contribution in [0.4, 0.5) is 0 Å². The van der Waals surface area contributed by atoms with Crippen LogP contribution in [0.5, 0.6) is 0 Å². The van der Waals surface area contributed by atoms with E-state index in [2.05, 4.69) is 24.2 Å². The molecule has 0 saturated carbocycles. The molecule has 2 aromatic rings. The van der Waals surface area contributed by atoms with Gasteiger partial charge in [0.15, 0.2) is 11.5 Å². The molecule has 1 N–H and O–H groups in total. The zero-order chi connectivity index (χ0) is 14.7. The lowest BCUT2D eigenvalue weighted by Crippen LogP contribution is -2.26. The van der Waals surface area contributed by atoms with Gasteiger partial charge in [-0.15, -0.1) is 0 Å². The average molecular weight is 309 g/mol. The summed E-state index contributed by atoms with van der Waals surface area (Å²) in [6.45, 7) is 2.91. The van der Waals surface area contributed by atoms with E-state index in [-0.39, 0.29) is 12.0 Å². The molecule has 1 saturated heterocycles. The van der Waals surface area contributed by atoms with Crippen LogP contribution in [0.3, 0.4) is 0 Å². The molecule has 0 bridgehead atoms. The molecule has 3 heterocycles. The van der Waals surface area contributed by atoms with Gasteiger partial charge in [0.1, 0.15) is 6.10 Å². The van der Waals surface area contributed by atoms with Crippen LogP contribution in [0.15, 0.2) is 4.52 Å². The summed E-state index contributed by atoms with van der Waals surface area (Å²) in [5.41, 5.74) is 1.01. The van der Waals surface area contributed by atoms with Crippen LogP contribution in [0, 0.1) is 6.92 Å². The SMILES string of the molecule is Cc1nsnc1C(=O)NCCc1noc(C2CCCO2)n1. The predicted octanol–water partition coefficient (Wildman–Crippen LogP) is 1.05. The first-order valence-electron chi connectivity index (χ1n) is 6.75. The summed E-state index contributed by atoms with van der Waals surface area (Å²) in [6, 6.07) is 0. The molecule has 0 aliphatic carbocycles. The summed E-state index contributed by atoms with van der Waals surface area (Å²) in [5, 5.41) is 6.66. The quantitative estimate of drug-likeness (QED) is 0.880. The molecule has 1 aliphatic rings. The third-order valence-electron chi connectivity index (χ3n) is 3.19. The maximum atomic E-state index is 11.8. The summed E-state index contributed by atoms with van der Waals surface area (Å²) in [5.74, 6) is 0.853. The van der Waals surface area contributed by atoms with Gasteiger partial charge in [-0.25, -0.2) is 0 Å². The van der Waals surface area contributed by atoms with Crippen molar-refractivity contribution in [2.45, 2.75) is 32.3 Å². The van der Waals surface area contributed by atoms with Crippen molar-refractivity contribution in [3.8, 4) is 0 Å². The Morgan fingerprint density at radius 1 is 1.48 bits per heavy atom. The fourth-order valence-electron chi connectivity index (χ4n) is 2.08. The summed E-state index contributed by atoms with van der Waals surface area (Å²) < 4.78 is 18.6. The van der Waals surface area contributed by atoms with E-state index in [0.717, 1.165) is 31.2 Å². The first-order valence-corrected chi connectivity index (χ1v) is 7.48. The van der Waals surface area contributed by atoms with Gasteiger partial charge in [0.25, 0.3) is 11.8 Å². The second-order valence-electron chi connectivity index (χ2n) is 4.75. The fourth-order valence-corrected chi connectivity index (χ4v) is 2.63. The Morgan fingerprint density at radius 3 is 3.10 bits per heavy atom. The smallest absolute Gasteiger partial charge is 0.272 e. The number of ether oxygens (including phenoxy) is 1. The monoisotopic (exact) mass is 309 g/mol. The molecule has 1 atom stereocenters. The van der Waals surface area contributed by atoms with E-state index in [4.69, 9.17) is 9.26 Å². The first kappa shape index (κ1) is 14.1. The largest absolute Gasteiger partial charge is 0.368 e. The van der Waals surface area contributed by atoms with Crippen LogP contribution >= 0.6 is 11.7 Å². The molecular weight excluding hydrogens is 294 g/mol. The Labute approximate surface area is 125 Å². The van der Waals surface area contributed by atoms with Crippen molar-refractivity contribution >= 4 is 17.6 Å². The van der Waals surface area contributed by atoms with Gasteiger partial charge in [0, 0.05) is 19.6 Å². The minimum absolute atomic E-state index is 0.0791. The second kappa shape index (κ2) is 6.27. The van der Waals surface area contributed by atoms with Crippen molar-refractivity contribution in [3.05, 3.63) is 23.1 Å². The Morgan fingerprint density at radius 2 is 2.38 bits per heavy atom. The van der Waals surface area contributed by atoms with Crippen LogP contribution in [-0.2, 0) is 11.2 Å². The maximum Gasteiger partial charge on any atom is 0.272 e. The second-order valence-corrected chi connectivity index (χ2v) is 5.28. The van der Waals surface area contributed by atoms with Gasteiger partial charge in [-0.2, -0.15) is 13.7 Å². The number of nitrogens with one attached hydrogen (secondary N) is 1. The summed E-state index contributed by atoms with van der Waals surface area (Å²) >= 11 is 1.03. The van der Waals surface area contributed by atoms with E-state index in [1.54, 1.807) is 6.92 Å². The van der Waals surface area contributed by atoms with Crippen LogP contribution < -0.4 is 5.32 Å². The summed E-state index contributed by atoms with van der Waals surface area (Å²) in [4.78, 5) is 16.1. The minimum Gasteiger partial charge on any atom is -0.368 e.